The van der Waals surface area contributed by atoms with Gasteiger partial charge in [0, 0.05) is 25.7 Å². The van der Waals surface area contributed by atoms with Crippen LogP contribution in [0.1, 0.15) is 18.4 Å². The van der Waals surface area contributed by atoms with Crippen molar-refractivity contribution in [2.45, 2.75) is 25.9 Å². The number of anilines is 1. The second-order valence-electron chi connectivity index (χ2n) is 6.67. The third-order valence-corrected chi connectivity index (χ3v) is 4.70. The van der Waals surface area contributed by atoms with Crippen LogP contribution in [-0.4, -0.2) is 32.9 Å². The number of fused-ring (bicyclic) bond motifs is 1. The summed E-state index contributed by atoms with van der Waals surface area (Å²) in [6.45, 7) is 0.833. The van der Waals surface area contributed by atoms with Gasteiger partial charge in [0.15, 0.2) is 0 Å². The molecule has 0 atom stereocenters. The minimum atomic E-state index is -0.304. The maximum Gasteiger partial charge on any atom is 0.261 e. The second kappa shape index (κ2) is 7.59. The lowest BCUT2D eigenvalue weighted by Crippen LogP contribution is -2.32. The standard InChI is InChI=1S/C20H19N5O3/c26-18(12-24-13-23-17-5-2-1-4-16(17)20(24)28)22-10-14-8-15(11-21-9-14)25-7-3-6-19(25)27/h1-2,4-5,8-9,11,13H,3,6-7,10,12H2,(H,22,26). The zero-order chi connectivity index (χ0) is 19.5. The van der Waals surface area contributed by atoms with Crippen LogP contribution in [0.25, 0.3) is 10.9 Å². The molecule has 1 aromatic carbocycles. The van der Waals surface area contributed by atoms with Crippen LogP contribution in [0.3, 0.4) is 0 Å². The van der Waals surface area contributed by atoms with Gasteiger partial charge in [-0.15, -0.1) is 0 Å². The Morgan fingerprint density at radius 3 is 2.86 bits per heavy atom. The van der Waals surface area contributed by atoms with Crippen molar-refractivity contribution in [3.8, 4) is 0 Å². The van der Waals surface area contributed by atoms with Crippen LogP contribution < -0.4 is 15.8 Å². The Morgan fingerprint density at radius 2 is 2.04 bits per heavy atom. The number of carbonyl (C=O) groups excluding carboxylic acids is 2. The summed E-state index contributed by atoms with van der Waals surface area (Å²) >= 11 is 0. The molecule has 1 N–H and O–H groups in total. The van der Waals surface area contributed by atoms with Gasteiger partial charge in [0.2, 0.25) is 11.8 Å². The molecule has 1 aliphatic heterocycles. The number of amides is 2. The van der Waals surface area contributed by atoms with Crippen molar-refractivity contribution >= 4 is 28.4 Å². The molecule has 8 nitrogen and oxygen atoms in total. The highest BCUT2D eigenvalue weighted by Gasteiger charge is 2.22. The zero-order valence-corrected chi connectivity index (χ0v) is 15.2. The summed E-state index contributed by atoms with van der Waals surface area (Å²) in [6, 6.07) is 8.87. The Kier molecular flexibility index (Phi) is 4.84. The molecule has 0 radical (unpaired) electrons. The Bertz CT molecular complexity index is 1110. The fourth-order valence-electron chi connectivity index (χ4n) is 3.27. The van der Waals surface area contributed by atoms with Crippen LogP contribution in [0.4, 0.5) is 5.69 Å². The molecule has 3 heterocycles. The van der Waals surface area contributed by atoms with Crippen molar-refractivity contribution < 1.29 is 9.59 Å². The average molecular weight is 377 g/mol. The zero-order valence-electron chi connectivity index (χ0n) is 15.2. The number of aromatic nitrogens is 3. The van der Waals surface area contributed by atoms with Gasteiger partial charge in [-0.3, -0.25) is 23.9 Å². The number of hydrogen-bond acceptors (Lipinski definition) is 5. The number of benzene rings is 1. The Hall–Kier alpha value is -3.55. The van der Waals surface area contributed by atoms with Gasteiger partial charge in [0.25, 0.3) is 5.56 Å². The van der Waals surface area contributed by atoms with E-state index in [1.54, 1.807) is 35.5 Å². The quantitative estimate of drug-likeness (QED) is 0.721. The van der Waals surface area contributed by atoms with Gasteiger partial charge >= 0.3 is 0 Å². The fraction of sp³-hybridized carbons (Fsp3) is 0.250. The van der Waals surface area contributed by atoms with E-state index in [0.29, 0.717) is 23.9 Å². The largest absolute Gasteiger partial charge is 0.350 e. The first kappa shape index (κ1) is 17.8. The van der Waals surface area contributed by atoms with E-state index in [-0.39, 0.29) is 30.5 Å². The molecule has 8 heteroatoms. The molecule has 1 saturated heterocycles. The van der Waals surface area contributed by atoms with Crippen LogP contribution in [0.2, 0.25) is 0 Å². The van der Waals surface area contributed by atoms with Crippen molar-refractivity contribution in [1.29, 1.82) is 0 Å². The highest BCUT2D eigenvalue weighted by atomic mass is 16.2. The van der Waals surface area contributed by atoms with Gasteiger partial charge in [-0.1, -0.05) is 12.1 Å². The first-order chi connectivity index (χ1) is 13.6. The molecule has 0 spiro atoms. The third kappa shape index (κ3) is 3.62. The molecule has 0 unspecified atom stereocenters. The van der Waals surface area contributed by atoms with Gasteiger partial charge in [0.05, 0.1) is 29.1 Å². The number of nitrogens with zero attached hydrogens (tertiary/aromatic N) is 4. The van der Waals surface area contributed by atoms with E-state index in [0.717, 1.165) is 17.7 Å². The SMILES string of the molecule is O=C(Cn1cnc2ccccc2c1=O)NCc1cncc(N2CCCC2=O)c1. The summed E-state index contributed by atoms with van der Waals surface area (Å²) in [6.07, 6.45) is 6.07. The van der Waals surface area contributed by atoms with Crippen LogP contribution in [0.5, 0.6) is 0 Å². The first-order valence-electron chi connectivity index (χ1n) is 9.07. The van der Waals surface area contributed by atoms with Crippen molar-refractivity contribution in [3.63, 3.8) is 0 Å². The Labute approximate surface area is 160 Å². The molecular formula is C20H19N5O3. The summed E-state index contributed by atoms with van der Waals surface area (Å²) in [4.78, 5) is 46.7. The molecule has 2 aromatic heterocycles. The summed E-state index contributed by atoms with van der Waals surface area (Å²) < 4.78 is 1.29. The van der Waals surface area contributed by atoms with E-state index in [9.17, 15) is 14.4 Å². The smallest absolute Gasteiger partial charge is 0.261 e. The van der Waals surface area contributed by atoms with Gasteiger partial charge in [-0.05, 0) is 30.2 Å². The maximum absolute atomic E-state index is 12.5. The molecule has 28 heavy (non-hydrogen) atoms. The van der Waals surface area contributed by atoms with Crippen LogP contribution in [0.15, 0.2) is 53.8 Å². The van der Waals surface area contributed by atoms with Crippen LogP contribution in [-0.2, 0) is 22.7 Å². The lowest BCUT2D eigenvalue weighted by Gasteiger charge is -2.16. The fourth-order valence-corrected chi connectivity index (χ4v) is 3.27. The molecule has 142 valence electrons. The summed E-state index contributed by atoms with van der Waals surface area (Å²) in [7, 11) is 0. The van der Waals surface area contributed by atoms with E-state index in [1.165, 1.54) is 10.9 Å². The lowest BCUT2D eigenvalue weighted by molar-refractivity contribution is -0.122. The molecule has 3 aromatic rings. The minimum Gasteiger partial charge on any atom is -0.350 e. The van der Waals surface area contributed by atoms with Crippen molar-refractivity contribution in [3.05, 3.63) is 65.0 Å². The van der Waals surface area contributed by atoms with E-state index in [1.807, 2.05) is 12.1 Å². The Balaban J connectivity index is 1.42. The topological polar surface area (TPSA) is 97.2 Å². The molecule has 0 saturated carbocycles. The predicted molar refractivity (Wildman–Crippen MR) is 104 cm³/mol. The normalized spacial score (nSPS) is 13.9. The van der Waals surface area contributed by atoms with E-state index < -0.39 is 0 Å². The number of carbonyl (C=O) groups is 2. The lowest BCUT2D eigenvalue weighted by atomic mass is 10.2. The number of nitrogens with one attached hydrogen (secondary N) is 1. The van der Waals surface area contributed by atoms with Gasteiger partial charge in [0.1, 0.15) is 6.54 Å². The Morgan fingerprint density at radius 1 is 1.18 bits per heavy atom. The van der Waals surface area contributed by atoms with Crippen LogP contribution in [0, 0.1) is 0 Å². The van der Waals surface area contributed by atoms with Gasteiger partial charge in [-0.25, -0.2) is 4.98 Å². The number of rotatable bonds is 5. The number of para-hydroxylation sites is 1. The summed E-state index contributed by atoms with van der Waals surface area (Å²) in [5.41, 5.74) is 1.87. The molecular weight excluding hydrogens is 358 g/mol. The summed E-state index contributed by atoms with van der Waals surface area (Å²) in [5, 5.41) is 3.26. The first-order valence-corrected chi connectivity index (χ1v) is 9.07. The highest BCUT2D eigenvalue weighted by Crippen LogP contribution is 2.21. The van der Waals surface area contributed by atoms with E-state index >= 15 is 0 Å². The van der Waals surface area contributed by atoms with Crippen molar-refractivity contribution in [1.82, 2.24) is 19.9 Å². The number of hydrogen-bond donors (Lipinski definition) is 1. The minimum absolute atomic E-state index is 0.0890. The number of pyridine rings is 1. The molecule has 0 bridgehead atoms. The van der Waals surface area contributed by atoms with Gasteiger partial charge < -0.3 is 10.2 Å². The molecule has 4 rings (SSSR count). The molecule has 1 fully saturated rings. The van der Waals surface area contributed by atoms with Crippen molar-refractivity contribution in [2.24, 2.45) is 0 Å². The summed E-state index contributed by atoms with van der Waals surface area (Å²) in [5.74, 6) is -0.215. The van der Waals surface area contributed by atoms with E-state index in [2.05, 4.69) is 15.3 Å². The molecule has 1 aliphatic rings. The maximum atomic E-state index is 12.5. The van der Waals surface area contributed by atoms with E-state index in [4.69, 9.17) is 0 Å². The molecule has 0 aliphatic carbocycles. The van der Waals surface area contributed by atoms with Crippen molar-refractivity contribution in [2.75, 3.05) is 11.4 Å². The van der Waals surface area contributed by atoms with Crippen LogP contribution >= 0.6 is 0 Å². The third-order valence-electron chi connectivity index (χ3n) is 4.70. The second-order valence-corrected chi connectivity index (χ2v) is 6.67. The highest BCUT2D eigenvalue weighted by molar-refractivity contribution is 5.95. The molecule has 2 amide bonds. The predicted octanol–water partition coefficient (Wildman–Crippen LogP) is 1.23. The average Bonchev–Trinajstić information content (AvgIpc) is 3.15. The van der Waals surface area contributed by atoms with Gasteiger partial charge in [-0.2, -0.15) is 0 Å². The monoisotopic (exact) mass is 377 g/mol.